The molecule has 1 aromatic heterocycles. The fourth-order valence-corrected chi connectivity index (χ4v) is 1.73. The predicted octanol–water partition coefficient (Wildman–Crippen LogP) is 2.65. The third kappa shape index (κ3) is 2.78. The first-order chi connectivity index (χ1) is 8.01. The lowest BCUT2D eigenvalue weighted by Crippen LogP contribution is -2.18. The molecule has 4 nitrogen and oxygen atoms in total. The third-order valence-corrected chi connectivity index (χ3v) is 2.74. The summed E-state index contributed by atoms with van der Waals surface area (Å²) in [6.45, 7) is 5.83. The smallest absolute Gasteiger partial charge is 0.130 e. The van der Waals surface area contributed by atoms with Gasteiger partial charge in [0.2, 0.25) is 0 Å². The van der Waals surface area contributed by atoms with E-state index in [1.807, 2.05) is 13.0 Å². The van der Waals surface area contributed by atoms with Crippen molar-refractivity contribution in [1.29, 1.82) is 16.2 Å². The van der Waals surface area contributed by atoms with Crippen molar-refractivity contribution in [2.45, 2.75) is 27.2 Å². The van der Waals surface area contributed by atoms with Gasteiger partial charge in [-0.1, -0.05) is 12.5 Å². The molecule has 0 atom stereocenters. The van der Waals surface area contributed by atoms with E-state index in [4.69, 9.17) is 16.2 Å². The average Bonchev–Trinajstić information content (AvgIpc) is 2.30. The fourth-order valence-electron chi connectivity index (χ4n) is 1.73. The summed E-state index contributed by atoms with van der Waals surface area (Å²) >= 11 is 0. The van der Waals surface area contributed by atoms with E-state index in [-0.39, 0.29) is 5.49 Å². The van der Waals surface area contributed by atoms with Gasteiger partial charge in [0.1, 0.15) is 5.49 Å². The fraction of sp³-hybridized carbons (Fsp3) is 0.308. The van der Waals surface area contributed by atoms with Crippen molar-refractivity contribution in [1.82, 2.24) is 4.57 Å². The minimum atomic E-state index is 0.264. The van der Waals surface area contributed by atoms with Crippen molar-refractivity contribution in [2.75, 3.05) is 0 Å². The quantitative estimate of drug-likeness (QED) is 0.525. The summed E-state index contributed by atoms with van der Waals surface area (Å²) < 4.78 is 1.43. The molecule has 0 aliphatic heterocycles. The summed E-state index contributed by atoms with van der Waals surface area (Å²) in [5.74, 6) is 0. The maximum absolute atomic E-state index is 7.83. The van der Waals surface area contributed by atoms with Gasteiger partial charge in [-0.3, -0.25) is 15.4 Å². The molecule has 0 radical (unpaired) electrons. The van der Waals surface area contributed by atoms with Crippen LogP contribution in [-0.4, -0.2) is 16.6 Å². The molecule has 0 bridgehead atoms. The van der Waals surface area contributed by atoms with E-state index >= 15 is 0 Å². The third-order valence-electron chi connectivity index (χ3n) is 2.74. The van der Waals surface area contributed by atoms with Crippen LogP contribution in [0.15, 0.2) is 23.9 Å². The number of rotatable bonds is 4. The Morgan fingerprint density at radius 2 is 2.00 bits per heavy atom. The molecule has 0 aromatic carbocycles. The minimum Gasteiger partial charge on any atom is -0.305 e. The van der Waals surface area contributed by atoms with E-state index in [9.17, 15) is 0 Å². The lowest BCUT2D eigenvalue weighted by atomic mass is 9.97. The molecular formula is C13H18N4. The molecule has 0 amide bonds. The van der Waals surface area contributed by atoms with Gasteiger partial charge in [0.15, 0.2) is 0 Å². The highest BCUT2D eigenvalue weighted by Gasteiger charge is 2.08. The number of hydrogen-bond donors (Lipinski definition) is 3. The number of aromatic nitrogens is 1. The Labute approximate surface area is 101 Å². The van der Waals surface area contributed by atoms with Crippen molar-refractivity contribution in [3.8, 4) is 0 Å². The van der Waals surface area contributed by atoms with Gasteiger partial charge in [0.25, 0.3) is 0 Å². The zero-order valence-corrected chi connectivity index (χ0v) is 10.5. The highest BCUT2D eigenvalue weighted by molar-refractivity contribution is 6.21. The van der Waals surface area contributed by atoms with Crippen LogP contribution in [0.1, 0.15) is 32.8 Å². The Hall–Kier alpha value is -1.97. The summed E-state index contributed by atoms with van der Waals surface area (Å²) in [7, 11) is 0. The zero-order valence-electron chi connectivity index (χ0n) is 10.5. The lowest BCUT2D eigenvalue weighted by molar-refractivity contribution is 0.981. The molecule has 0 aliphatic carbocycles. The molecule has 1 rings (SSSR count). The second-order valence-electron chi connectivity index (χ2n) is 3.97. The summed E-state index contributed by atoms with van der Waals surface area (Å²) in [5.41, 5.74) is 3.71. The first-order valence-electron chi connectivity index (χ1n) is 5.54. The van der Waals surface area contributed by atoms with Gasteiger partial charge in [-0.05, 0) is 32.4 Å². The van der Waals surface area contributed by atoms with Crippen LogP contribution >= 0.6 is 0 Å². The van der Waals surface area contributed by atoms with Crippen LogP contribution < -0.4 is 5.49 Å². The van der Waals surface area contributed by atoms with Crippen molar-refractivity contribution in [3.63, 3.8) is 0 Å². The lowest BCUT2D eigenvalue weighted by Gasteiger charge is -2.11. The molecule has 0 fully saturated rings. The van der Waals surface area contributed by atoms with E-state index < -0.39 is 0 Å². The molecular weight excluding hydrogens is 212 g/mol. The number of nitrogens with one attached hydrogen (secondary N) is 3. The van der Waals surface area contributed by atoms with Crippen molar-refractivity contribution >= 4 is 17.6 Å². The van der Waals surface area contributed by atoms with Gasteiger partial charge in [-0.15, -0.1) is 0 Å². The van der Waals surface area contributed by atoms with Crippen LogP contribution in [0.2, 0.25) is 0 Å². The highest BCUT2D eigenvalue weighted by Crippen LogP contribution is 2.20. The maximum Gasteiger partial charge on any atom is 0.130 e. The topological polar surface area (TPSA) is 76.5 Å². The minimum absolute atomic E-state index is 0.264. The monoisotopic (exact) mass is 230 g/mol. The number of hydrogen-bond acceptors (Lipinski definition) is 3. The molecule has 0 unspecified atom stereocenters. The summed E-state index contributed by atoms with van der Waals surface area (Å²) in [4.78, 5) is 0. The van der Waals surface area contributed by atoms with E-state index in [0.717, 1.165) is 29.5 Å². The standard InChI is InChI=1S/C13H18N4/c1-4-9(2)13(10(3)15)11-5-6-12(16)17(7-11)8-14/h5-8,14-16H,4H2,1-3H3/b13-9+,14-8?,15-10?,16-12?. The van der Waals surface area contributed by atoms with Gasteiger partial charge in [0, 0.05) is 23.0 Å². The van der Waals surface area contributed by atoms with E-state index in [0.29, 0.717) is 5.71 Å². The Balaban J connectivity index is 3.46. The van der Waals surface area contributed by atoms with Crippen molar-refractivity contribution in [3.05, 3.63) is 35.0 Å². The molecule has 0 saturated carbocycles. The highest BCUT2D eigenvalue weighted by atomic mass is 15.0. The van der Waals surface area contributed by atoms with Crippen molar-refractivity contribution in [2.24, 2.45) is 0 Å². The molecule has 3 N–H and O–H groups in total. The molecule has 1 aromatic rings. The number of nitrogens with zero attached hydrogens (tertiary/aromatic N) is 1. The Bertz CT molecular complexity index is 535. The van der Waals surface area contributed by atoms with Gasteiger partial charge in [0.05, 0.1) is 6.34 Å². The average molecular weight is 230 g/mol. The van der Waals surface area contributed by atoms with Crippen LogP contribution in [-0.2, 0) is 0 Å². The second-order valence-corrected chi connectivity index (χ2v) is 3.97. The predicted molar refractivity (Wildman–Crippen MR) is 70.8 cm³/mol. The number of pyridine rings is 1. The van der Waals surface area contributed by atoms with Gasteiger partial charge in [-0.25, -0.2) is 0 Å². The Morgan fingerprint density at radius 1 is 1.35 bits per heavy atom. The maximum atomic E-state index is 7.83. The first kappa shape index (κ1) is 13.1. The molecule has 1 heterocycles. The van der Waals surface area contributed by atoms with Crippen LogP contribution in [0, 0.1) is 16.2 Å². The molecule has 0 saturated heterocycles. The van der Waals surface area contributed by atoms with Crippen LogP contribution in [0.3, 0.4) is 0 Å². The van der Waals surface area contributed by atoms with Crippen LogP contribution in [0.5, 0.6) is 0 Å². The first-order valence-corrected chi connectivity index (χ1v) is 5.54. The second kappa shape index (κ2) is 5.39. The molecule has 90 valence electrons. The van der Waals surface area contributed by atoms with E-state index in [1.54, 1.807) is 19.2 Å². The molecule has 4 heteroatoms. The Morgan fingerprint density at radius 3 is 2.47 bits per heavy atom. The van der Waals surface area contributed by atoms with E-state index in [2.05, 4.69) is 6.92 Å². The Kier molecular flexibility index (Phi) is 4.15. The summed E-state index contributed by atoms with van der Waals surface area (Å²) in [6.07, 6.45) is 3.71. The largest absolute Gasteiger partial charge is 0.305 e. The zero-order chi connectivity index (χ0) is 13.0. The number of allylic oxidation sites excluding steroid dienone is 2. The normalized spacial score (nSPS) is 11.9. The van der Waals surface area contributed by atoms with E-state index in [1.165, 1.54) is 4.57 Å². The van der Waals surface area contributed by atoms with Crippen LogP contribution in [0.25, 0.3) is 5.57 Å². The molecule has 17 heavy (non-hydrogen) atoms. The SMILES string of the molecule is CC/C(C)=C(\C(C)=N)c1ccc(=N)n(C=N)c1. The summed E-state index contributed by atoms with van der Waals surface area (Å²) in [5, 5.41) is 22.7. The molecule has 0 aliphatic rings. The van der Waals surface area contributed by atoms with Crippen molar-refractivity contribution < 1.29 is 0 Å². The van der Waals surface area contributed by atoms with Gasteiger partial charge < -0.3 is 5.41 Å². The van der Waals surface area contributed by atoms with Crippen LogP contribution in [0.4, 0.5) is 0 Å². The molecule has 0 spiro atoms. The summed E-state index contributed by atoms with van der Waals surface area (Å²) in [6, 6.07) is 3.47. The van der Waals surface area contributed by atoms with Gasteiger partial charge >= 0.3 is 0 Å². The van der Waals surface area contributed by atoms with Gasteiger partial charge in [-0.2, -0.15) is 0 Å².